The molecule has 0 bridgehead atoms. The number of nitrogens with one attached hydrogen (secondary N) is 1. The molecule has 2 aliphatic rings. The lowest BCUT2D eigenvalue weighted by molar-refractivity contribution is -0.131. The topological polar surface area (TPSA) is 130 Å². The van der Waals surface area contributed by atoms with Gasteiger partial charge >= 0.3 is 0 Å². The second kappa shape index (κ2) is 8.58. The van der Waals surface area contributed by atoms with Gasteiger partial charge in [0.1, 0.15) is 0 Å². The molecular weight excluding hydrogens is 450 g/mol. The molecule has 11 heteroatoms. The molecule has 30 heavy (non-hydrogen) atoms. The fourth-order valence-electron chi connectivity index (χ4n) is 2.83. The number of thiophene rings is 1. The highest BCUT2D eigenvalue weighted by Crippen LogP contribution is 2.32. The summed E-state index contributed by atoms with van der Waals surface area (Å²) in [5, 5.41) is 8.88. The van der Waals surface area contributed by atoms with Gasteiger partial charge in [-0.2, -0.15) is 0 Å². The number of carbonyl (C=O) groups is 2. The van der Waals surface area contributed by atoms with Crippen LogP contribution in [0.15, 0.2) is 6.07 Å². The first-order valence-corrected chi connectivity index (χ1v) is 11.6. The molecule has 2 amide bonds. The molecule has 0 spiro atoms. The minimum absolute atomic E-state index is 0. The summed E-state index contributed by atoms with van der Waals surface area (Å²) in [5.41, 5.74) is 7.70. The first-order chi connectivity index (χ1) is 13.5. The van der Waals surface area contributed by atoms with Crippen molar-refractivity contribution in [2.45, 2.75) is 43.0 Å². The van der Waals surface area contributed by atoms with Crippen molar-refractivity contribution in [1.82, 2.24) is 10.4 Å². The Bertz CT molecular complexity index is 1100. The third-order valence-corrected chi connectivity index (χ3v) is 8.37. The Balaban J connectivity index is 0.00000320. The first kappa shape index (κ1) is 24.2. The third kappa shape index (κ3) is 4.80. The number of rotatable bonds is 5. The quantitative estimate of drug-likeness (QED) is 0.329. The van der Waals surface area contributed by atoms with Crippen LogP contribution in [0.3, 0.4) is 0 Å². The summed E-state index contributed by atoms with van der Waals surface area (Å²) in [6.07, 6.45) is 2.56. The van der Waals surface area contributed by atoms with Crippen LogP contribution in [0, 0.1) is 23.7 Å². The Hall–Kier alpha value is -2.08. The smallest absolute Gasteiger partial charge is 0.264 e. The molecule has 1 saturated carbocycles. The molecule has 1 atom stereocenters. The number of nitrogens with two attached hydrogens (primary N) is 1. The van der Waals surface area contributed by atoms with E-state index < -0.39 is 20.5 Å². The first-order valence-electron chi connectivity index (χ1n) is 8.87. The lowest BCUT2D eigenvalue weighted by Crippen LogP contribution is -2.50. The highest BCUT2D eigenvalue weighted by molar-refractivity contribution is 7.92. The standard InChI is InChI=1S/C19H21N3O5S2.ClH/c1-18(17(24)21-25,29(2,26)27)9-10-22-12-13-11-14(28-15(13)16(22)23)5-3-4-6-19(20)7-8-19;/h11,25H,7-10,12,20H2,1-2H3,(H,21,24);1H/t18-;/m1./s1. The minimum atomic E-state index is -3.81. The van der Waals surface area contributed by atoms with Gasteiger partial charge in [-0.15, -0.1) is 23.7 Å². The summed E-state index contributed by atoms with van der Waals surface area (Å²) in [6, 6.07) is 1.82. The van der Waals surface area contributed by atoms with Crippen LogP contribution in [0.25, 0.3) is 0 Å². The average Bonchev–Trinajstić information content (AvgIpc) is 3.14. The van der Waals surface area contributed by atoms with Crippen molar-refractivity contribution in [3.05, 3.63) is 21.4 Å². The molecule has 0 radical (unpaired) electrons. The molecule has 0 unspecified atom stereocenters. The summed E-state index contributed by atoms with van der Waals surface area (Å²) in [6.45, 7) is 1.60. The SMILES string of the molecule is C[C@@](CCN1Cc2cc(C#CC#CC3(N)CC3)sc2C1=O)(C(=O)NO)S(C)(=O)=O.Cl. The van der Waals surface area contributed by atoms with Gasteiger partial charge in [0.25, 0.3) is 11.8 Å². The number of sulfone groups is 1. The molecule has 1 aliphatic heterocycles. The largest absolute Gasteiger partial charge is 0.333 e. The van der Waals surface area contributed by atoms with Crippen molar-refractivity contribution in [1.29, 1.82) is 0 Å². The van der Waals surface area contributed by atoms with Crippen molar-refractivity contribution in [2.24, 2.45) is 5.73 Å². The summed E-state index contributed by atoms with van der Waals surface area (Å²) < 4.78 is 22.2. The highest BCUT2D eigenvalue weighted by atomic mass is 35.5. The van der Waals surface area contributed by atoms with E-state index in [1.807, 2.05) is 6.07 Å². The molecule has 2 heterocycles. The Kier molecular flexibility index (Phi) is 6.92. The van der Waals surface area contributed by atoms with E-state index in [1.165, 1.54) is 28.6 Å². The molecule has 162 valence electrons. The lowest BCUT2D eigenvalue weighted by Gasteiger charge is -2.27. The van der Waals surface area contributed by atoms with Gasteiger partial charge in [-0.05, 0) is 55.6 Å². The van der Waals surface area contributed by atoms with Crippen molar-refractivity contribution >= 4 is 45.4 Å². The summed E-state index contributed by atoms with van der Waals surface area (Å²) in [7, 11) is -3.81. The van der Waals surface area contributed by atoms with Gasteiger partial charge in [0.05, 0.1) is 15.3 Å². The maximum atomic E-state index is 12.6. The van der Waals surface area contributed by atoms with Crippen LogP contribution in [-0.2, 0) is 21.2 Å². The second-order valence-corrected chi connectivity index (χ2v) is 11.0. The van der Waals surface area contributed by atoms with Gasteiger partial charge in [-0.3, -0.25) is 14.8 Å². The van der Waals surface area contributed by atoms with Crippen molar-refractivity contribution in [3.8, 4) is 23.7 Å². The van der Waals surface area contributed by atoms with Gasteiger partial charge in [0.15, 0.2) is 14.6 Å². The van der Waals surface area contributed by atoms with E-state index >= 15 is 0 Å². The third-order valence-electron chi connectivity index (χ3n) is 5.26. The predicted molar refractivity (Wildman–Crippen MR) is 115 cm³/mol. The highest BCUT2D eigenvalue weighted by Gasteiger charge is 2.44. The summed E-state index contributed by atoms with van der Waals surface area (Å²) >= 11 is 1.26. The molecule has 1 fully saturated rings. The number of hydrogen-bond acceptors (Lipinski definition) is 7. The zero-order chi connectivity index (χ0) is 21.4. The number of carbonyl (C=O) groups excluding carboxylic acids is 2. The lowest BCUT2D eigenvalue weighted by atomic mass is 10.1. The Labute approximate surface area is 185 Å². The molecule has 3 rings (SSSR count). The molecule has 4 N–H and O–H groups in total. The van der Waals surface area contributed by atoms with Gasteiger partial charge in [-0.25, -0.2) is 13.9 Å². The predicted octanol–water partition coefficient (Wildman–Crippen LogP) is 0.671. The van der Waals surface area contributed by atoms with E-state index in [4.69, 9.17) is 10.9 Å². The zero-order valence-electron chi connectivity index (χ0n) is 16.4. The van der Waals surface area contributed by atoms with Crippen LogP contribution in [0.4, 0.5) is 0 Å². The average molecular weight is 472 g/mol. The number of amides is 2. The molecule has 1 aliphatic carbocycles. The van der Waals surface area contributed by atoms with E-state index in [0.29, 0.717) is 11.4 Å². The van der Waals surface area contributed by atoms with Crippen molar-refractivity contribution < 1.29 is 23.2 Å². The monoisotopic (exact) mass is 471 g/mol. The van der Waals surface area contributed by atoms with Gasteiger partial charge in [0.2, 0.25) is 0 Å². The summed E-state index contributed by atoms with van der Waals surface area (Å²) in [5.74, 6) is 10.1. The summed E-state index contributed by atoms with van der Waals surface area (Å²) in [4.78, 5) is 27.3. The number of nitrogens with zero attached hydrogens (tertiary/aromatic N) is 1. The Morgan fingerprint density at radius 3 is 2.63 bits per heavy atom. The molecule has 1 aromatic rings. The maximum Gasteiger partial charge on any atom is 0.264 e. The van der Waals surface area contributed by atoms with Crippen molar-refractivity contribution in [3.63, 3.8) is 0 Å². The molecular formula is C19H22ClN3O5S2. The van der Waals surface area contributed by atoms with Crippen molar-refractivity contribution in [2.75, 3.05) is 12.8 Å². The normalized spacial score (nSPS) is 18.0. The van der Waals surface area contributed by atoms with Crippen LogP contribution in [0.2, 0.25) is 0 Å². The maximum absolute atomic E-state index is 12.6. The number of hydroxylamine groups is 1. The number of hydrogen-bond donors (Lipinski definition) is 3. The number of fused-ring (bicyclic) bond motifs is 1. The molecule has 1 aromatic heterocycles. The fourth-order valence-corrected chi connectivity index (χ4v) is 4.67. The van der Waals surface area contributed by atoms with Crippen LogP contribution >= 0.6 is 23.7 Å². The van der Waals surface area contributed by atoms with E-state index in [0.717, 1.165) is 29.5 Å². The number of halogens is 1. The van der Waals surface area contributed by atoms with E-state index in [2.05, 4.69) is 23.7 Å². The van der Waals surface area contributed by atoms with Crippen LogP contribution in [0.5, 0.6) is 0 Å². The fraction of sp³-hybridized carbons (Fsp3) is 0.474. The Morgan fingerprint density at radius 2 is 2.10 bits per heavy atom. The van der Waals surface area contributed by atoms with Crippen LogP contribution < -0.4 is 11.2 Å². The minimum Gasteiger partial charge on any atom is -0.333 e. The van der Waals surface area contributed by atoms with Gasteiger partial charge < -0.3 is 10.6 Å². The van der Waals surface area contributed by atoms with E-state index in [9.17, 15) is 18.0 Å². The van der Waals surface area contributed by atoms with Crippen LogP contribution in [0.1, 0.15) is 46.3 Å². The van der Waals surface area contributed by atoms with Gasteiger partial charge in [-0.1, -0.05) is 5.92 Å². The zero-order valence-corrected chi connectivity index (χ0v) is 18.9. The molecule has 0 aromatic carbocycles. The molecule has 0 saturated heterocycles. The van der Waals surface area contributed by atoms with Gasteiger partial charge in [0, 0.05) is 19.3 Å². The second-order valence-electron chi connectivity index (χ2n) is 7.54. The van der Waals surface area contributed by atoms with E-state index in [1.54, 1.807) is 0 Å². The molecule has 8 nitrogen and oxygen atoms in total. The Morgan fingerprint density at radius 1 is 1.43 bits per heavy atom. The van der Waals surface area contributed by atoms with Crippen LogP contribution in [-0.4, -0.2) is 53.4 Å². The van der Waals surface area contributed by atoms with E-state index in [-0.39, 0.29) is 36.8 Å².